The second-order valence-corrected chi connectivity index (χ2v) is 8.49. The number of ketones is 1. The first-order valence-electron chi connectivity index (χ1n) is 11.0. The monoisotopic (exact) mass is 479 g/mol. The van der Waals surface area contributed by atoms with Crippen molar-refractivity contribution in [2.45, 2.75) is 12.5 Å². The molecule has 4 rings (SSSR count). The second kappa shape index (κ2) is 9.59. The number of amides is 1. The number of nitrogens with zero attached hydrogens (tertiary/aromatic N) is 3. The van der Waals surface area contributed by atoms with Gasteiger partial charge in [0.15, 0.2) is 22.9 Å². The summed E-state index contributed by atoms with van der Waals surface area (Å²) >= 11 is 0. The van der Waals surface area contributed by atoms with Gasteiger partial charge >= 0.3 is 0 Å². The van der Waals surface area contributed by atoms with E-state index in [-0.39, 0.29) is 23.6 Å². The van der Waals surface area contributed by atoms with Gasteiger partial charge in [0, 0.05) is 24.1 Å². The Kier molecular flexibility index (Phi) is 6.57. The summed E-state index contributed by atoms with van der Waals surface area (Å²) in [6.07, 6.45) is 0.570. The van der Waals surface area contributed by atoms with Gasteiger partial charge in [-0.3, -0.25) is 19.7 Å². The molecule has 0 saturated heterocycles. The molecule has 0 aliphatic carbocycles. The molecule has 3 aromatic rings. The maximum Gasteiger partial charge on any atom is 0.290 e. The molecule has 2 aromatic carbocycles. The average molecular weight is 479 g/mol. The van der Waals surface area contributed by atoms with E-state index in [4.69, 9.17) is 9.15 Å². The van der Waals surface area contributed by atoms with E-state index in [0.717, 1.165) is 0 Å². The molecule has 35 heavy (non-hydrogen) atoms. The standard InChI is InChI=1S/C25H25N3O7/c1-26(2)11-6-12-27-21(15-7-4-9-17(13-15)28(32)33)20(23(30)25(27)31)22(29)19-14-16-8-5-10-18(34-3)24(16)35-19/h4-5,7-10,13-14,21,30H,6,11-12H2,1-3H3/t21-/m1/s1. The molecule has 0 radical (unpaired) electrons. The van der Waals surface area contributed by atoms with Crippen LogP contribution in [0.3, 0.4) is 0 Å². The molecular weight excluding hydrogens is 454 g/mol. The van der Waals surface area contributed by atoms with Crippen molar-refractivity contribution in [1.82, 2.24) is 9.80 Å². The Hall–Kier alpha value is -4.18. The molecule has 1 amide bonds. The first-order valence-corrected chi connectivity index (χ1v) is 11.0. The minimum absolute atomic E-state index is 0.0792. The zero-order valence-corrected chi connectivity index (χ0v) is 19.6. The highest BCUT2D eigenvalue weighted by atomic mass is 16.6. The van der Waals surface area contributed by atoms with Gasteiger partial charge in [-0.05, 0) is 44.8 Å². The Morgan fingerprint density at radius 1 is 1.23 bits per heavy atom. The van der Waals surface area contributed by atoms with Crippen LogP contribution in [0.2, 0.25) is 0 Å². The molecule has 0 fully saturated rings. The van der Waals surface area contributed by atoms with E-state index in [1.165, 1.54) is 36.3 Å². The zero-order chi connectivity index (χ0) is 25.3. The average Bonchev–Trinajstić information content (AvgIpc) is 3.38. The van der Waals surface area contributed by atoms with Crippen molar-refractivity contribution in [2.24, 2.45) is 0 Å². The highest BCUT2D eigenvalue weighted by Crippen LogP contribution is 2.41. The van der Waals surface area contributed by atoms with E-state index in [1.54, 1.807) is 24.3 Å². The van der Waals surface area contributed by atoms with Crippen molar-refractivity contribution in [2.75, 3.05) is 34.3 Å². The first-order chi connectivity index (χ1) is 16.7. The quantitative estimate of drug-likeness (QED) is 0.278. The van der Waals surface area contributed by atoms with E-state index in [0.29, 0.717) is 35.2 Å². The molecule has 182 valence electrons. The van der Waals surface area contributed by atoms with Gasteiger partial charge in [-0.1, -0.05) is 24.3 Å². The van der Waals surface area contributed by atoms with Crippen molar-refractivity contribution in [3.63, 3.8) is 0 Å². The maximum atomic E-state index is 13.6. The molecule has 0 unspecified atom stereocenters. The number of aliphatic hydroxyl groups is 1. The largest absolute Gasteiger partial charge is 0.503 e. The number of carbonyl (C=O) groups is 2. The third-order valence-electron chi connectivity index (χ3n) is 5.90. The summed E-state index contributed by atoms with van der Waals surface area (Å²) in [6, 6.07) is 11.4. The minimum Gasteiger partial charge on any atom is -0.503 e. The number of benzene rings is 2. The molecule has 0 bridgehead atoms. The predicted octanol–water partition coefficient (Wildman–Crippen LogP) is 3.88. The SMILES string of the molecule is COc1cccc2cc(C(=O)C3=C(O)C(=O)N(CCCN(C)C)[C@@H]3c3cccc([N+](=O)[O-])c3)oc12. The third kappa shape index (κ3) is 4.47. The molecule has 1 aromatic heterocycles. The van der Waals surface area contributed by atoms with Crippen LogP contribution in [-0.4, -0.2) is 65.8 Å². The van der Waals surface area contributed by atoms with E-state index < -0.39 is 28.4 Å². The number of nitro groups is 1. The number of nitro benzene ring substituents is 1. The molecule has 1 aliphatic rings. The Morgan fingerprint density at radius 2 is 1.97 bits per heavy atom. The Bertz CT molecular complexity index is 1340. The molecule has 2 heterocycles. The summed E-state index contributed by atoms with van der Waals surface area (Å²) in [7, 11) is 5.27. The predicted molar refractivity (Wildman–Crippen MR) is 127 cm³/mol. The van der Waals surface area contributed by atoms with Crippen LogP contribution in [-0.2, 0) is 4.79 Å². The Labute approximate surface area is 201 Å². The fourth-order valence-corrected chi connectivity index (χ4v) is 4.27. The number of non-ortho nitro benzene ring substituents is 1. The van der Waals surface area contributed by atoms with Crippen LogP contribution in [0.15, 0.2) is 64.3 Å². The molecule has 1 aliphatic heterocycles. The zero-order valence-electron chi connectivity index (χ0n) is 19.6. The molecule has 0 saturated carbocycles. The number of hydrogen-bond acceptors (Lipinski definition) is 8. The van der Waals surface area contributed by atoms with Crippen LogP contribution >= 0.6 is 0 Å². The van der Waals surface area contributed by atoms with Gasteiger partial charge < -0.3 is 24.1 Å². The van der Waals surface area contributed by atoms with Gasteiger partial charge in [0.05, 0.1) is 23.6 Å². The summed E-state index contributed by atoms with van der Waals surface area (Å²) in [5, 5.41) is 22.8. The highest BCUT2D eigenvalue weighted by Gasteiger charge is 2.44. The summed E-state index contributed by atoms with van der Waals surface area (Å²) in [5.74, 6) is -1.73. The third-order valence-corrected chi connectivity index (χ3v) is 5.90. The van der Waals surface area contributed by atoms with E-state index in [2.05, 4.69) is 0 Å². The fourth-order valence-electron chi connectivity index (χ4n) is 4.27. The van der Waals surface area contributed by atoms with Gasteiger partial charge in [0.25, 0.3) is 11.6 Å². The Morgan fingerprint density at radius 3 is 2.66 bits per heavy atom. The van der Waals surface area contributed by atoms with Crippen LogP contribution in [0.1, 0.15) is 28.6 Å². The molecule has 10 heteroatoms. The molecule has 0 spiro atoms. The van der Waals surface area contributed by atoms with Gasteiger partial charge in [0.2, 0.25) is 5.78 Å². The van der Waals surface area contributed by atoms with Gasteiger partial charge in [-0.2, -0.15) is 0 Å². The second-order valence-electron chi connectivity index (χ2n) is 8.49. The van der Waals surface area contributed by atoms with Gasteiger partial charge in [0.1, 0.15) is 0 Å². The molecule has 1 atom stereocenters. The number of fused-ring (bicyclic) bond motifs is 1. The van der Waals surface area contributed by atoms with Crippen molar-refractivity contribution in [3.8, 4) is 5.75 Å². The molecular formula is C25H25N3O7. The van der Waals surface area contributed by atoms with Crippen LogP contribution < -0.4 is 4.74 Å². The minimum atomic E-state index is -1.01. The molecule has 10 nitrogen and oxygen atoms in total. The number of carbonyl (C=O) groups excluding carboxylic acids is 2. The number of para-hydroxylation sites is 1. The lowest BCUT2D eigenvalue weighted by molar-refractivity contribution is -0.384. The van der Waals surface area contributed by atoms with Crippen molar-refractivity contribution >= 4 is 28.3 Å². The number of methoxy groups -OCH3 is 1. The smallest absolute Gasteiger partial charge is 0.290 e. The van der Waals surface area contributed by atoms with Crippen LogP contribution in [0.25, 0.3) is 11.0 Å². The number of ether oxygens (including phenoxy) is 1. The number of aliphatic hydroxyl groups excluding tert-OH is 1. The number of rotatable bonds is 9. The van der Waals surface area contributed by atoms with E-state index in [9.17, 15) is 24.8 Å². The maximum absolute atomic E-state index is 13.6. The lowest BCUT2D eigenvalue weighted by Crippen LogP contribution is -2.33. The topological polar surface area (TPSA) is 126 Å². The lowest BCUT2D eigenvalue weighted by atomic mass is 9.94. The van der Waals surface area contributed by atoms with E-state index >= 15 is 0 Å². The van der Waals surface area contributed by atoms with Crippen molar-refractivity contribution < 1.29 is 28.8 Å². The van der Waals surface area contributed by atoms with Crippen LogP contribution in [0.5, 0.6) is 5.75 Å². The summed E-state index contributed by atoms with van der Waals surface area (Å²) < 4.78 is 11.1. The van der Waals surface area contributed by atoms with Gasteiger partial charge in [-0.25, -0.2) is 0 Å². The number of Topliss-reactive ketones (excluding diaryl/α,β-unsaturated/α-hetero) is 1. The van der Waals surface area contributed by atoms with Crippen LogP contribution in [0.4, 0.5) is 5.69 Å². The number of hydrogen-bond donors (Lipinski definition) is 1. The fraction of sp³-hybridized carbons (Fsp3) is 0.280. The van der Waals surface area contributed by atoms with Crippen LogP contribution in [0, 0.1) is 10.1 Å². The number of furan rings is 1. The lowest BCUT2D eigenvalue weighted by Gasteiger charge is -2.27. The van der Waals surface area contributed by atoms with Crippen molar-refractivity contribution in [3.05, 3.63) is 81.3 Å². The van der Waals surface area contributed by atoms with E-state index in [1.807, 2.05) is 19.0 Å². The summed E-state index contributed by atoms with van der Waals surface area (Å²) in [5.41, 5.74) is 0.337. The van der Waals surface area contributed by atoms with Gasteiger partial charge in [-0.15, -0.1) is 0 Å². The van der Waals surface area contributed by atoms with Crippen molar-refractivity contribution in [1.29, 1.82) is 0 Å². The highest BCUT2D eigenvalue weighted by molar-refractivity contribution is 6.16. The molecule has 1 N–H and O–H groups in total. The normalized spacial score (nSPS) is 15.9. The summed E-state index contributed by atoms with van der Waals surface area (Å²) in [6.45, 7) is 0.901. The Balaban J connectivity index is 1.79. The first kappa shape index (κ1) is 24.0. The summed E-state index contributed by atoms with van der Waals surface area (Å²) in [4.78, 5) is 40.9.